The van der Waals surface area contributed by atoms with E-state index in [1.54, 1.807) is 0 Å². The molecule has 0 aliphatic rings. The number of hydrogen-bond acceptors (Lipinski definition) is 1. The van der Waals surface area contributed by atoms with Crippen LogP contribution in [0.25, 0.3) is 10.8 Å². The summed E-state index contributed by atoms with van der Waals surface area (Å²) in [5.74, 6) is 0.861. The summed E-state index contributed by atoms with van der Waals surface area (Å²) in [5, 5.41) is 12.3. The van der Waals surface area contributed by atoms with Crippen LogP contribution in [0.2, 0.25) is 0 Å². The van der Waals surface area contributed by atoms with E-state index < -0.39 is 0 Å². The van der Waals surface area contributed by atoms with E-state index in [1.165, 1.54) is 5.56 Å². The number of nitrogens with zero attached hydrogens (tertiary/aromatic N) is 1. The molecular weight excluding hydrogens is 222 g/mol. The highest BCUT2D eigenvalue weighted by Crippen LogP contribution is 2.33. The summed E-state index contributed by atoms with van der Waals surface area (Å²) in [5.41, 5.74) is 2.25. The molecule has 2 aromatic rings. The number of phenolic OH excluding ortho intramolecular Hbond substituents is 1. The predicted octanol–water partition coefficient (Wildman–Crippen LogP) is 3.85. The van der Waals surface area contributed by atoms with Gasteiger partial charge in [-0.3, -0.25) is 0 Å². The van der Waals surface area contributed by atoms with Crippen LogP contribution in [0.4, 0.5) is 0 Å². The van der Waals surface area contributed by atoms with Gasteiger partial charge in [-0.2, -0.15) is 0 Å². The SMILES string of the molecule is Cc1cc(C(C)C)c2c[n+](C(C)C)ccc2c1O. The number of aryl methyl sites for hydroxylation is 1. The first-order valence-corrected chi connectivity index (χ1v) is 6.58. The third kappa shape index (κ3) is 2.07. The van der Waals surface area contributed by atoms with Crippen molar-refractivity contribution in [2.24, 2.45) is 0 Å². The van der Waals surface area contributed by atoms with Crippen LogP contribution in [0.3, 0.4) is 0 Å². The minimum atomic E-state index is 0.408. The lowest BCUT2D eigenvalue weighted by molar-refractivity contribution is -0.715. The van der Waals surface area contributed by atoms with Gasteiger partial charge in [0.25, 0.3) is 0 Å². The van der Waals surface area contributed by atoms with Gasteiger partial charge in [-0.15, -0.1) is 0 Å². The Morgan fingerprint density at radius 3 is 2.33 bits per heavy atom. The molecule has 0 fully saturated rings. The number of benzene rings is 1. The molecule has 0 saturated carbocycles. The summed E-state index contributed by atoms with van der Waals surface area (Å²) in [6, 6.07) is 4.55. The van der Waals surface area contributed by atoms with Crippen LogP contribution >= 0.6 is 0 Å². The Morgan fingerprint density at radius 2 is 1.78 bits per heavy atom. The van der Waals surface area contributed by atoms with E-state index in [0.29, 0.717) is 17.7 Å². The maximum Gasteiger partial charge on any atom is 0.177 e. The zero-order valence-electron chi connectivity index (χ0n) is 11.9. The Labute approximate surface area is 109 Å². The van der Waals surface area contributed by atoms with Crippen molar-refractivity contribution in [2.45, 2.75) is 46.6 Å². The molecule has 1 heterocycles. The van der Waals surface area contributed by atoms with Gasteiger partial charge in [0.15, 0.2) is 18.4 Å². The first kappa shape index (κ1) is 12.9. The predicted molar refractivity (Wildman–Crippen MR) is 75.0 cm³/mol. The van der Waals surface area contributed by atoms with E-state index in [0.717, 1.165) is 16.3 Å². The third-order valence-corrected chi connectivity index (χ3v) is 3.51. The van der Waals surface area contributed by atoms with Gasteiger partial charge in [0.2, 0.25) is 0 Å². The van der Waals surface area contributed by atoms with Crippen molar-refractivity contribution in [1.82, 2.24) is 0 Å². The molecule has 0 radical (unpaired) electrons. The number of pyridine rings is 1. The first-order valence-electron chi connectivity index (χ1n) is 6.58. The van der Waals surface area contributed by atoms with E-state index in [4.69, 9.17) is 0 Å². The molecule has 0 spiro atoms. The van der Waals surface area contributed by atoms with Gasteiger partial charge in [-0.1, -0.05) is 19.9 Å². The highest BCUT2D eigenvalue weighted by Gasteiger charge is 2.16. The second-order valence-corrected chi connectivity index (χ2v) is 5.60. The Balaban J connectivity index is 2.82. The molecule has 2 heteroatoms. The minimum absolute atomic E-state index is 0.408. The molecular formula is C16H22NO+. The number of hydrogen-bond donors (Lipinski definition) is 1. The summed E-state index contributed by atoms with van der Waals surface area (Å²) in [7, 11) is 0. The molecule has 2 rings (SSSR count). The van der Waals surface area contributed by atoms with E-state index in [-0.39, 0.29) is 0 Å². The maximum atomic E-state index is 10.2. The highest BCUT2D eigenvalue weighted by atomic mass is 16.3. The monoisotopic (exact) mass is 244 g/mol. The molecule has 0 aliphatic carbocycles. The van der Waals surface area contributed by atoms with Gasteiger partial charge in [-0.05, 0) is 37.8 Å². The van der Waals surface area contributed by atoms with Crippen molar-refractivity contribution in [3.63, 3.8) is 0 Å². The van der Waals surface area contributed by atoms with Crippen LogP contribution in [0.5, 0.6) is 5.75 Å². The highest BCUT2D eigenvalue weighted by molar-refractivity contribution is 5.91. The molecule has 2 nitrogen and oxygen atoms in total. The number of fused-ring (bicyclic) bond motifs is 1. The molecule has 0 amide bonds. The van der Waals surface area contributed by atoms with Crippen molar-refractivity contribution >= 4 is 10.8 Å². The molecule has 0 saturated heterocycles. The lowest BCUT2D eigenvalue weighted by Crippen LogP contribution is -2.35. The van der Waals surface area contributed by atoms with Crippen LogP contribution in [0.1, 0.15) is 50.8 Å². The largest absolute Gasteiger partial charge is 0.507 e. The van der Waals surface area contributed by atoms with Crippen molar-refractivity contribution in [1.29, 1.82) is 0 Å². The Kier molecular flexibility index (Phi) is 3.29. The molecule has 0 aliphatic heterocycles. The fraction of sp³-hybridized carbons (Fsp3) is 0.438. The normalized spacial score (nSPS) is 11.7. The molecule has 0 bridgehead atoms. The second-order valence-electron chi connectivity index (χ2n) is 5.60. The summed E-state index contributed by atoms with van der Waals surface area (Å²) in [4.78, 5) is 0. The smallest absolute Gasteiger partial charge is 0.177 e. The number of aromatic hydroxyl groups is 1. The number of aromatic nitrogens is 1. The lowest BCUT2D eigenvalue weighted by Gasteiger charge is -2.13. The molecule has 1 N–H and O–H groups in total. The molecule has 18 heavy (non-hydrogen) atoms. The quantitative estimate of drug-likeness (QED) is 0.797. The van der Waals surface area contributed by atoms with Crippen LogP contribution in [0, 0.1) is 6.92 Å². The average molecular weight is 244 g/mol. The standard InChI is InChI=1S/C16H21NO/c1-10(2)14-8-12(5)16(18)13-6-7-17(11(3)4)9-15(13)14/h6-11H,1-5H3/p+1. The molecule has 1 aromatic carbocycles. The second kappa shape index (κ2) is 4.60. The Morgan fingerprint density at radius 1 is 1.11 bits per heavy atom. The van der Waals surface area contributed by atoms with Crippen molar-refractivity contribution in [2.75, 3.05) is 0 Å². The summed E-state index contributed by atoms with van der Waals surface area (Å²) < 4.78 is 2.18. The van der Waals surface area contributed by atoms with Gasteiger partial charge < -0.3 is 5.11 Å². The summed E-state index contributed by atoms with van der Waals surface area (Å²) in [6.07, 6.45) is 4.19. The van der Waals surface area contributed by atoms with Crippen LogP contribution < -0.4 is 4.57 Å². The van der Waals surface area contributed by atoms with Crippen LogP contribution in [-0.4, -0.2) is 5.11 Å². The zero-order valence-corrected chi connectivity index (χ0v) is 11.9. The Bertz CT molecular complexity index is 585. The molecule has 0 atom stereocenters. The topological polar surface area (TPSA) is 24.1 Å². The van der Waals surface area contributed by atoms with Crippen LogP contribution in [-0.2, 0) is 0 Å². The number of phenols is 1. The third-order valence-electron chi connectivity index (χ3n) is 3.51. The van der Waals surface area contributed by atoms with Gasteiger partial charge in [0, 0.05) is 11.5 Å². The molecule has 0 unspecified atom stereocenters. The van der Waals surface area contributed by atoms with Gasteiger partial charge in [0.1, 0.15) is 5.75 Å². The number of rotatable bonds is 2. The fourth-order valence-electron chi connectivity index (χ4n) is 2.34. The minimum Gasteiger partial charge on any atom is -0.507 e. The van der Waals surface area contributed by atoms with Gasteiger partial charge in [0.05, 0.1) is 5.39 Å². The van der Waals surface area contributed by atoms with Gasteiger partial charge in [-0.25, -0.2) is 4.57 Å². The van der Waals surface area contributed by atoms with Crippen molar-refractivity contribution in [3.05, 3.63) is 35.7 Å². The van der Waals surface area contributed by atoms with Crippen LogP contribution in [0.15, 0.2) is 24.5 Å². The van der Waals surface area contributed by atoms with E-state index in [2.05, 4.69) is 44.5 Å². The summed E-state index contributed by atoms with van der Waals surface area (Å²) >= 11 is 0. The van der Waals surface area contributed by atoms with E-state index >= 15 is 0 Å². The lowest BCUT2D eigenvalue weighted by atomic mass is 9.94. The summed E-state index contributed by atoms with van der Waals surface area (Å²) in [6.45, 7) is 10.7. The van der Waals surface area contributed by atoms with Crippen molar-refractivity contribution in [3.8, 4) is 5.75 Å². The maximum absolute atomic E-state index is 10.2. The average Bonchev–Trinajstić information content (AvgIpc) is 2.32. The first-order chi connectivity index (χ1) is 8.41. The molecule has 96 valence electrons. The fourth-order valence-corrected chi connectivity index (χ4v) is 2.34. The van der Waals surface area contributed by atoms with E-state index in [1.807, 2.05) is 19.2 Å². The zero-order chi connectivity index (χ0) is 13.4. The van der Waals surface area contributed by atoms with Crippen molar-refractivity contribution < 1.29 is 9.67 Å². The Hall–Kier alpha value is -1.57. The van der Waals surface area contributed by atoms with E-state index in [9.17, 15) is 5.11 Å². The van der Waals surface area contributed by atoms with Gasteiger partial charge >= 0.3 is 0 Å². The molecule has 1 aromatic heterocycles.